The number of rotatable bonds is 6. The lowest BCUT2D eigenvalue weighted by Gasteiger charge is -2.28. The summed E-state index contributed by atoms with van der Waals surface area (Å²) in [6.45, 7) is 0. The van der Waals surface area contributed by atoms with E-state index in [0.717, 1.165) is 33.6 Å². The molecule has 2 heteroatoms. The topological polar surface area (TPSA) is 16.4 Å². The van der Waals surface area contributed by atoms with Crippen LogP contribution in [-0.4, -0.2) is 0 Å². The standard InChI is InChI=1S/C50H33NO/c1-3-11-34(12-4-1)38-21-22-40-32-43(29-25-39(40)31-38)51(47-17-9-7-15-44(47)36-13-5-2-6-14-36)42-27-23-35(24-28-42)41-20-19-37-26-30-49-50(46(37)33-41)45-16-8-10-18-48(45)52-49/h1-33H. The molecule has 0 atom stereocenters. The van der Waals surface area contributed by atoms with Crippen LogP contribution in [0.15, 0.2) is 205 Å². The van der Waals surface area contributed by atoms with Gasteiger partial charge < -0.3 is 9.32 Å². The molecule has 0 aliphatic rings. The van der Waals surface area contributed by atoms with Crippen molar-refractivity contribution in [3.8, 4) is 33.4 Å². The van der Waals surface area contributed by atoms with E-state index in [2.05, 4.69) is 193 Å². The van der Waals surface area contributed by atoms with Gasteiger partial charge in [-0.15, -0.1) is 0 Å². The zero-order valence-corrected chi connectivity index (χ0v) is 28.4. The summed E-state index contributed by atoms with van der Waals surface area (Å²) >= 11 is 0. The van der Waals surface area contributed by atoms with Crippen molar-refractivity contribution >= 4 is 60.5 Å². The Morgan fingerprint density at radius 1 is 0.327 bits per heavy atom. The van der Waals surface area contributed by atoms with Gasteiger partial charge in [-0.1, -0.05) is 146 Å². The van der Waals surface area contributed by atoms with Crippen LogP contribution < -0.4 is 4.90 Å². The first-order valence-electron chi connectivity index (χ1n) is 17.8. The molecular formula is C50H33NO. The molecule has 2 nitrogen and oxygen atoms in total. The van der Waals surface area contributed by atoms with Gasteiger partial charge in [0.1, 0.15) is 11.2 Å². The van der Waals surface area contributed by atoms with Crippen molar-refractivity contribution < 1.29 is 4.42 Å². The maximum Gasteiger partial charge on any atom is 0.136 e. The van der Waals surface area contributed by atoms with E-state index >= 15 is 0 Å². The Labute approximate surface area is 302 Å². The summed E-state index contributed by atoms with van der Waals surface area (Å²) in [5.74, 6) is 0. The van der Waals surface area contributed by atoms with Crippen LogP contribution in [0.25, 0.3) is 76.9 Å². The van der Waals surface area contributed by atoms with Crippen molar-refractivity contribution in [3.63, 3.8) is 0 Å². The van der Waals surface area contributed by atoms with Crippen LogP contribution in [-0.2, 0) is 0 Å². The van der Waals surface area contributed by atoms with Gasteiger partial charge in [-0.3, -0.25) is 0 Å². The highest BCUT2D eigenvalue weighted by Gasteiger charge is 2.18. The predicted octanol–water partition coefficient (Wildman–Crippen LogP) is 14.4. The maximum atomic E-state index is 6.22. The fourth-order valence-electron chi connectivity index (χ4n) is 7.67. The Balaban J connectivity index is 1.09. The summed E-state index contributed by atoms with van der Waals surface area (Å²) in [6.07, 6.45) is 0. The largest absolute Gasteiger partial charge is 0.456 e. The third-order valence-electron chi connectivity index (χ3n) is 10.2. The number of anilines is 3. The molecule has 10 rings (SSSR count). The van der Waals surface area contributed by atoms with Crippen LogP contribution in [0.3, 0.4) is 0 Å². The molecule has 1 aromatic heterocycles. The minimum Gasteiger partial charge on any atom is -0.456 e. The molecule has 9 aromatic carbocycles. The number of furan rings is 1. The zero-order valence-electron chi connectivity index (χ0n) is 28.4. The Hall–Kier alpha value is -6.90. The maximum absolute atomic E-state index is 6.22. The van der Waals surface area contributed by atoms with Gasteiger partial charge in [-0.05, 0) is 104 Å². The minimum atomic E-state index is 0.917. The Bertz CT molecular complexity index is 2890. The van der Waals surface area contributed by atoms with E-state index in [9.17, 15) is 0 Å². The van der Waals surface area contributed by atoms with Crippen molar-refractivity contribution in [2.24, 2.45) is 0 Å². The van der Waals surface area contributed by atoms with Crippen molar-refractivity contribution in [2.45, 2.75) is 0 Å². The van der Waals surface area contributed by atoms with Crippen molar-refractivity contribution in [3.05, 3.63) is 200 Å². The van der Waals surface area contributed by atoms with E-state index in [1.54, 1.807) is 0 Å². The van der Waals surface area contributed by atoms with E-state index in [-0.39, 0.29) is 0 Å². The third-order valence-corrected chi connectivity index (χ3v) is 10.2. The molecule has 0 N–H and O–H groups in total. The van der Waals surface area contributed by atoms with E-state index < -0.39 is 0 Å². The summed E-state index contributed by atoms with van der Waals surface area (Å²) in [5, 5.41) is 7.14. The molecule has 0 fully saturated rings. The number of hydrogen-bond acceptors (Lipinski definition) is 2. The van der Waals surface area contributed by atoms with Crippen molar-refractivity contribution in [1.82, 2.24) is 0 Å². The zero-order chi connectivity index (χ0) is 34.4. The summed E-state index contributed by atoms with van der Waals surface area (Å²) in [7, 11) is 0. The van der Waals surface area contributed by atoms with Crippen molar-refractivity contribution in [2.75, 3.05) is 4.90 Å². The van der Waals surface area contributed by atoms with E-state index in [1.165, 1.54) is 60.3 Å². The van der Waals surface area contributed by atoms with Crippen molar-refractivity contribution in [1.29, 1.82) is 0 Å². The lowest BCUT2D eigenvalue weighted by molar-refractivity contribution is 0.669. The fraction of sp³-hybridized carbons (Fsp3) is 0. The molecule has 0 saturated carbocycles. The predicted molar refractivity (Wildman–Crippen MR) is 220 cm³/mol. The van der Waals surface area contributed by atoms with Gasteiger partial charge in [0, 0.05) is 27.7 Å². The smallest absolute Gasteiger partial charge is 0.136 e. The number of fused-ring (bicyclic) bond motifs is 6. The van der Waals surface area contributed by atoms with Crippen LogP contribution in [0.1, 0.15) is 0 Å². The number of nitrogens with zero attached hydrogens (tertiary/aromatic N) is 1. The summed E-state index contributed by atoms with van der Waals surface area (Å²) in [5.41, 5.74) is 12.3. The molecule has 0 radical (unpaired) electrons. The molecule has 0 aliphatic carbocycles. The SMILES string of the molecule is c1ccc(-c2ccc3cc(N(c4ccc(-c5ccc6ccc7oc8ccccc8c7c6c5)cc4)c4ccccc4-c4ccccc4)ccc3c2)cc1. The Kier molecular flexibility index (Phi) is 7.18. The Morgan fingerprint density at radius 2 is 0.904 bits per heavy atom. The number of para-hydroxylation sites is 2. The molecule has 1 heterocycles. The minimum absolute atomic E-state index is 0.917. The normalized spacial score (nSPS) is 11.5. The van der Waals surface area contributed by atoms with Crippen LogP contribution in [0.2, 0.25) is 0 Å². The van der Waals surface area contributed by atoms with E-state index in [4.69, 9.17) is 4.42 Å². The van der Waals surface area contributed by atoms with Crippen LogP contribution >= 0.6 is 0 Å². The first-order valence-corrected chi connectivity index (χ1v) is 17.8. The van der Waals surface area contributed by atoms with E-state index in [1.807, 2.05) is 12.1 Å². The molecule has 10 aromatic rings. The highest BCUT2D eigenvalue weighted by Crippen LogP contribution is 2.43. The van der Waals surface area contributed by atoms with Gasteiger partial charge >= 0.3 is 0 Å². The van der Waals surface area contributed by atoms with Gasteiger partial charge in [0.05, 0.1) is 5.69 Å². The highest BCUT2D eigenvalue weighted by molar-refractivity contribution is 6.19. The molecule has 0 saturated heterocycles. The molecule has 0 spiro atoms. The van der Waals surface area contributed by atoms with Crippen LogP contribution in [0.5, 0.6) is 0 Å². The second-order valence-corrected chi connectivity index (χ2v) is 13.4. The molecule has 0 amide bonds. The average molecular weight is 664 g/mol. The van der Waals surface area contributed by atoms with Gasteiger partial charge in [0.15, 0.2) is 0 Å². The first-order chi connectivity index (χ1) is 25.8. The first kappa shape index (κ1) is 30.0. The van der Waals surface area contributed by atoms with Gasteiger partial charge in [-0.2, -0.15) is 0 Å². The molecule has 0 aliphatic heterocycles. The van der Waals surface area contributed by atoms with Gasteiger partial charge in [0.25, 0.3) is 0 Å². The second kappa shape index (κ2) is 12.5. The summed E-state index contributed by atoms with van der Waals surface area (Å²) in [6, 6.07) is 71.8. The molecule has 0 bridgehead atoms. The molecule has 0 unspecified atom stereocenters. The third kappa shape index (κ3) is 5.21. The molecule has 52 heavy (non-hydrogen) atoms. The lowest BCUT2D eigenvalue weighted by atomic mass is 9.97. The summed E-state index contributed by atoms with van der Waals surface area (Å²) in [4.78, 5) is 2.39. The quantitative estimate of drug-likeness (QED) is 0.176. The molecular weight excluding hydrogens is 631 g/mol. The van der Waals surface area contributed by atoms with Gasteiger partial charge in [-0.25, -0.2) is 0 Å². The second-order valence-electron chi connectivity index (χ2n) is 13.4. The van der Waals surface area contributed by atoms with E-state index in [0.29, 0.717) is 0 Å². The van der Waals surface area contributed by atoms with Crippen LogP contribution in [0, 0.1) is 0 Å². The number of benzene rings is 9. The summed E-state index contributed by atoms with van der Waals surface area (Å²) < 4.78 is 6.22. The molecule has 244 valence electrons. The average Bonchev–Trinajstić information content (AvgIpc) is 3.61. The fourth-order valence-corrected chi connectivity index (χ4v) is 7.67. The number of hydrogen-bond donors (Lipinski definition) is 0. The highest BCUT2D eigenvalue weighted by atomic mass is 16.3. The Morgan fingerprint density at radius 3 is 1.73 bits per heavy atom. The monoisotopic (exact) mass is 663 g/mol. The lowest BCUT2D eigenvalue weighted by Crippen LogP contribution is -2.11. The van der Waals surface area contributed by atoms with Gasteiger partial charge in [0.2, 0.25) is 0 Å². The van der Waals surface area contributed by atoms with Crippen LogP contribution in [0.4, 0.5) is 17.1 Å².